The molecule has 0 aromatic heterocycles. The average molecular weight is 188 g/mol. The zero-order valence-corrected chi connectivity index (χ0v) is 9.22. The van der Waals surface area contributed by atoms with Crippen molar-refractivity contribution in [2.24, 2.45) is 0 Å². The zero-order chi connectivity index (χ0) is 10.5. The van der Waals surface area contributed by atoms with Crippen molar-refractivity contribution < 1.29 is 14.3 Å². The first-order valence-corrected chi connectivity index (χ1v) is 4.56. The molecule has 3 heteroatoms. The van der Waals surface area contributed by atoms with E-state index in [-0.39, 0.29) is 24.1 Å². The Bertz CT molecular complexity index is 162. The molecule has 0 aromatic rings. The molecule has 0 N–H and O–H groups in total. The van der Waals surface area contributed by atoms with Crippen LogP contribution in [0.3, 0.4) is 0 Å². The monoisotopic (exact) mass is 188 g/mol. The van der Waals surface area contributed by atoms with Gasteiger partial charge in [-0.15, -0.1) is 0 Å². The molecule has 0 atom stereocenters. The number of hydrogen-bond acceptors (Lipinski definition) is 3. The van der Waals surface area contributed by atoms with Gasteiger partial charge in [0.15, 0.2) is 5.78 Å². The third kappa shape index (κ3) is 6.72. The van der Waals surface area contributed by atoms with Crippen LogP contribution in [0.2, 0.25) is 0 Å². The Balaban J connectivity index is 3.74. The molecule has 3 nitrogen and oxygen atoms in total. The summed E-state index contributed by atoms with van der Waals surface area (Å²) < 4.78 is 10.3. The van der Waals surface area contributed by atoms with Gasteiger partial charge < -0.3 is 9.47 Å². The van der Waals surface area contributed by atoms with Gasteiger partial charge in [-0.25, -0.2) is 0 Å². The van der Waals surface area contributed by atoms with Crippen LogP contribution in [0.5, 0.6) is 0 Å². The fourth-order valence-corrected chi connectivity index (χ4v) is 0.858. The van der Waals surface area contributed by atoms with Gasteiger partial charge in [-0.1, -0.05) is 0 Å². The van der Waals surface area contributed by atoms with Crippen molar-refractivity contribution in [1.82, 2.24) is 0 Å². The maximum absolute atomic E-state index is 11.3. The standard InChI is InChI=1S/C10H20O3/c1-8(2)13-7-9(11)6-10(3,4)12-5/h8H,6-7H2,1-5H3. The SMILES string of the molecule is COC(C)(C)CC(=O)COC(C)C. The second kappa shape index (κ2) is 5.35. The fourth-order valence-electron chi connectivity index (χ4n) is 0.858. The first kappa shape index (κ1) is 12.6. The molecule has 0 aromatic carbocycles. The molecule has 0 spiro atoms. The summed E-state index contributed by atoms with van der Waals surface area (Å²) in [7, 11) is 1.61. The summed E-state index contributed by atoms with van der Waals surface area (Å²) in [6.07, 6.45) is 0.505. The van der Waals surface area contributed by atoms with Gasteiger partial charge >= 0.3 is 0 Å². The Labute approximate surface area is 80.4 Å². The number of carbonyl (C=O) groups excluding carboxylic acids is 1. The molecule has 0 saturated carbocycles. The van der Waals surface area contributed by atoms with Crippen LogP contribution in [0.1, 0.15) is 34.1 Å². The normalized spacial score (nSPS) is 12.2. The van der Waals surface area contributed by atoms with Crippen LogP contribution < -0.4 is 0 Å². The van der Waals surface area contributed by atoms with Crippen molar-refractivity contribution in [1.29, 1.82) is 0 Å². The van der Waals surface area contributed by atoms with Gasteiger partial charge in [0.25, 0.3) is 0 Å². The summed E-state index contributed by atoms with van der Waals surface area (Å²) in [5, 5.41) is 0. The minimum Gasteiger partial charge on any atom is -0.378 e. The lowest BCUT2D eigenvalue weighted by Crippen LogP contribution is -2.28. The highest BCUT2D eigenvalue weighted by molar-refractivity contribution is 5.80. The van der Waals surface area contributed by atoms with Crippen molar-refractivity contribution >= 4 is 5.78 Å². The van der Waals surface area contributed by atoms with E-state index in [0.717, 1.165) is 0 Å². The van der Waals surface area contributed by atoms with Crippen LogP contribution >= 0.6 is 0 Å². The third-order valence-electron chi connectivity index (χ3n) is 1.75. The van der Waals surface area contributed by atoms with Gasteiger partial charge in [0.1, 0.15) is 6.61 Å². The summed E-state index contributed by atoms with van der Waals surface area (Å²) in [4.78, 5) is 11.3. The summed E-state index contributed by atoms with van der Waals surface area (Å²) in [5.41, 5.74) is -0.378. The molecular weight excluding hydrogens is 168 g/mol. The highest BCUT2D eigenvalue weighted by Crippen LogP contribution is 2.13. The molecule has 78 valence electrons. The molecule has 0 aliphatic rings. The molecule has 0 fully saturated rings. The van der Waals surface area contributed by atoms with Crippen molar-refractivity contribution in [3.8, 4) is 0 Å². The smallest absolute Gasteiger partial charge is 0.161 e. The molecule has 0 radical (unpaired) electrons. The molecule has 0 heterocycles. The number of Topliss-reactive ketones (excluding diaryl/α,β-unsaturated/α-hetero) is 1. The van der Waals surface area contributed by atoms with Gasteiger partial charge in [0.2, 0.25) is 0 Å². The van der Waals surface area contributed by atoms with Crippen LogP contribution in [-0.2, 0) is 14.3 Å². The van der Waals surface area contributed by atoms with Gasteiger partial charge in [-0.3, -0.25) is 4.79 Å². The van der Waals surface area contributed by atoms with E-state index in [1.807, 2.05) is 27.7 Å². The second-order valence-electron chi connectivity index (χ2n) is 4.04. The van der Waals surface area contributed by atoms with Crippen LogP contribution in [-0.4, -0.2) is 31.2 Å². The molecule has 0 unspecified atom stereocenters. The quantitative estimate of drug-likeness (QED) is 0.637. The Morgan fingerprint density at radius 3 is 2.31 bits per heavy atom. The van der Waals surface area contributed by atoms with Crippen molar-refractivity contribution in [2.75, 3.05) is 13.7 Å². The zero-order valence-electron chi connectivity index (χ0n) is 9.22. The lowest BCUT2D eigenvalue weighted by Gasteiger charge is -2.21. The molecular formula is C10H20O3. The highest BCUT2D eigenvalue weighted by atomic mass is 16.5. The van der Waals surface area contributed by atoms with E-state index in [9.17, 15) is 4.79 Å². The number of rotatable bonds is 6. The largest absolute Gasteiger partial charge is 0.378 e. The maximum Gasteiger partial charge on any atom is 0.161 e. The van der Waals surface area contributed by atoms with Gasteiger partial charge in [0, 0.05) is 13.5 Å². The summed E-state index contributed by atoms with van der Waals surface area (Å²) >= 11 is 0. The number of ketones is 1. The number of hydrogen-bond donors (Lipinski definition) is 0. The molecule has 0 aliphatic heterocycles. The predicted molar refractivity (Wildman–Crippen MR) is 51.8 cm³/mol. The lowest BCUT2D eigenvalue weighted by atomic mass is 10.0. The number of methoxy groups -OCH3 is 1. The van der Waals surface area contributed by atoms with E-state index in [1.165, 1.54) is 0 Å². The molecule has 0 saturated heterocycles. The Hall–Kier alpha value is -0.410. The number of ether oxygens (including phenoxy) is 2. The Morgan fingerprint density at radius 1 is 1.38 bits per heavy atom. The maximum atomic E-state index is 11.3. The summed E-state index contributed by atoms with van der Waals surface area (Å²) in [6, 6.07) is 0. The van der Waals surface area contributed by atoms with Crippen LogP contribution in [0.25, 0.3) is 0 Å². The van der Waals surface area contributed by atoms with Crippen molar-refractivity contribution in [3.05, 3.63) is 0 Å². The second-order valence-corrected chi connectivity index (χ2v) is 4.04. The van der Waals surface area contributed by atoms with E-state index < -0.39 is 0 Å². The lowest BCUT2D eigenvalue weighted by molar-refractivity contribution is -0.129. The van der Waals surface area contributed by atoms with Crippen molar-refractivity contribution in [2.45, 2.75) is 45.8 Å². The van der Waals surface area contributed by atoms with Crippen LogP contribution in [0.15, 0.2) is 0 Å². The molecule has 13 heavy (non-hydrogen) atoms. The van der Waals surface area contributed by atoms with E-state index in [1.54, 1.807) is 7.11 Å². The number of carbonyl (C=O) groups is 1. The predicted octanol–water partition coefficient (Wildman–Crippen LogP) is 1.80. The van der Waals surface area contributed by atoms with Crippen LogP contribution in [0, 0.1) is 0 Å². The van der Waals surface area contributed by atoms with E-state index in [4.69, 9.17) is 9.47 Å². The van der Waals surface area contributed by atoms with Gasteiger partial charge in [0.05, 0.1) is 11.7 Å². The molecule has 0 rings (SSSR count). The first-order valence-electron chi connectivity index (χ1n) is 4.56. The molecule has 0 amide bonds. The highest BCUT2D eigenvalue weighted by Gasteiger charge is 2.20. The summed E-state index contributed by atoms with van der Waals surface area (Å²) in [6.45, 7) is 7.79. The topological polar surface area (TPSA) is 35.5 Å². The van der Waals surface area contributed by atoms with E-state index >= 15 is 0 Å². The van der Waals surface area contributed by atoms with E-state index in [0.29, 0.717) is 6.42 Å². The Kier molecular flexibility index (Phi) is 5.18. The van der Waals surface area contributed by atoms with Gasteiger partial charge in [-0.2, -0.15) is 0 Å². The fraction of sp³-hybridized carbons (Fsp3) is 0.900. The third-order valence-corrected chi connectivity index (χ3v) is 1.75. The first-order chi connectivity index (χ1) is 5.87. The van der Waals surface area contributed by atoms with Gasteiger partial charge in [-0.05, 0) is 27.7 Å². The minimum atomic E-state index is -0.378. The molecule has 0 aliphatic carbocycles. The molecule has 0 bridgehead atoms. The average Bonchev–Trinajstić information content (AvgIpc) is 2.00. The van der Waals surface area contributed by atoms with E-state index in [2.05, 4.69) is 0 Å². The minimum absolute atomic E-state index is 0.0838. The van der Waals surface area contributed by atoms with Crippen molar-refractivity contribution in [3.63, 3.8) is 0 Å². The Morgan fingerprint density at radius 2 is 1.92 bits per heavy atom. The summed E-state index contributed by atoms with van der Waals surface area (Å²) in [5.74, 6) is 0.0838. The van der Waals surface area contributed by atoms with Crippen LogP contribution in [0.4, 0.5) is 0 Å².